The molecule has 5 heteroatoms. The first kappa shape index (κ1) is 15.6. The minimum absolute atomic E-state index is 0.177. The van der Waals surface area contributed by atoms with Gasteiger partial charge in [-0.3, -0.25) is 4.90 Å². The summed E-state index contributed by atoms with van der Waals surface area (Å²) < 4.78 is 5.32. The third-order valence-corrected chi connectivity index (χ3v) is 4.25. The Morgan fingerprint density at radius 2 is 1.95 bits per heavy atom. The highest BCUT2D eigenvalue weighted by Crippen LogP contribution is 2.25. The lowest BCUT2D eigenvalue weighted by molar-refractivity contribution is 0.0885. The Kier molecular flexibility index (Phi) is 6.10. The van der Waals surface area contributed by atoms with Crippen LogP contribution in [0.5, 0.6) is 0 Å². The minimum atomic E-state index is 0.177. The van der Waals surface area contributed by atoms with E-state index in [-0.39, 0.29) is 6.10 Å². The van der Waals surface area contributed by atoms with E-state index in [4.69, 9.17) is 22.1 Å². The first-order valence-electron chi connectivity index (χ1n) is 7.19. The van der Waals surface area contributed by atoms with Crippen LogP contribution in [-0.2, 0) is 4.74 Å². The van der Waals surface area contributed by atoms with E-state index in [9.17, 15) is 0 Å². The second kappa shape index (κ2) is 7.84. The standard InChI is InChI=1S/C15H24ClN3O/c1-20-13(12-17)6-7-18-8-10-19(11-9-18)15-5-3-2-4-14(15)16/h2-5,13H,6-12,17H2,1H3. The van der Waals surface area contributed by atoms with E-state index in [1.807, 2.05) is 18.2 Å². The predicted molar refractivity (Wildman–Crippen MR) is 84.6 cm³/mol. The van der Waals surface area contributed by atoms with Crippen molar-refractivity contribution in [1.82, 2.24) is 4.90 Å². The Labute approximate surface area is 126 Å². The molecule has 20 heavy (non-hydrogen) atoms. The van der Waals surface area contributed by atoms with Crippen molar-refractivity contribution in [1.29, 1.82) is 0 Å². The van der Waals surface area contributed by atoms with Gasteiger partial charge in [0.15, 0.2) is 0 Å². The highest BCUT2D eigenvalue weighted by molar-refractivity contribution is 6.33. The van der Waals surface area contributed by atoms with Crippen molar-refractivity contribution >= 4 is 17.3 Å². The monoisotopic (exact) mass is 297 g/mol. The molecule has 0 spiro atoms. The summed E-state index contributed by atoms with van der Waals surface area (Å²) in [6, 6.07) is 8.05. The predicted octanol–water partition coefficient (Wildman–Crippen LogP) is 1.83. The van der Waals surface area contributed by atoms with E-state index in [2.05, 4.69) is 15.9 Å². The highest BCUT2D eigenvalue weighted by atomic mass is 35.5. The zero-order valence-electron chi connectivity index (χ0n) is 12.1. The third kappa shape index (κ3) is 4.09. The summed E-state index contributed by atoms with van der Waals surface area (Å²) >= 11 is 6.25. The number of piperazine rings is 1. The van der Waals surface area contributed by atoms with Crippen molar-refractivity contribution in [2.75, 3.05) is 51.3 Å². The topological polar surface area (TPSA) is 41.7 Å². The number of hydrogen-bond acceptors (Lipinski definition) is 4. The van der Waals surface area contributed by atoms with Crippen LogP contribution in [0.15, 0.2) is 24.3 Å². The molecule has 1 atom stereocenters. The Morgan fingerprint density at radius 3 is 2.55 bits per heavy atom. The number of anilines is 1. The molecule has 1 fully saturated rings. The zero-order chi connectivity index (χ0) is 14.4. The van der Waals surface area contributed by atoms with Crippen molar-refractivity contribution < 1.29 is 4.74 Å². The first-order chi connectivity index (χ1) is 9.74. The van der Waals surface area contributed by atoms with Gasteiger partial charge in [-0.15, -0.1) is 0 Å². The summed E-state index contributed by atoms with van der Waals surface area (Å²) in [6.07, 6.45) is 1.18. The smallest absolute Gasteiger partial charge is 0.0705 e. The maximum Gasteiger partial charge on any atom is 0.0705 e. The van der Waals surface area contributed by atoms with Gasteiger partial charge in [-0.1, -0.05) is 23.7 Å². The minimum Gasteiger partial charge on any atom is -0.380 e. The number of nitrogens with zero attached hydrogens (tertiary/aromatic N) is 2. The first-order valence-corrected chi connectivity index (χ1v) is 7.57. The molecule has 0 aliphatic carbocycles. The largest absolute Gasteiger partial charge is 0.380 e. The number of nitrogens with two attached hydrogens (primary N) is 1. The van der Waals surface area contributed by atoms with Crippen LogP contribution in [0.4, 0.5) is 5.69 Å². The maximum absolute atomic E-state index is 6.25. The zero-order valence-corrected chi connectivity index (χ0v) is 12.9. The average molecular weight is 298 g/mol. The molecule has 0 aromatic heterocycles. The fourth-order valence-corrected chi connectivity index (χ4v) is 2.83. The van der Waals surface area contributed by atoms with Crippen LogP contribution in [0.1, 0.15) is 6.42 Å². The summed E-state index contributed by atoms with van der Waals surface area (Å²) in [5, 5.41) is 0.837. The SMILES string of the molecule is COC(CN)CCN1CCN(c2ccccc2Cl)CC1. The van der Waals surface area contributed by atoms with Gasteiger partial charge in [0.05, 0.1) is 16.8 Å². The van der Waals surface area contributed by atoms with Gasteiger partial charge < -0.3 is 15.4 Å². The number of ether oxygens (including phenoxy) is 1. The van der Waals surface area contributed by atoms with Gasteiger partial charge in [0.2, 0.25) is 0 Å². The maximum atomic E-state index is 6.25. The quantitative estimate of drug-likeness (QED) is 0.870. The Balaban J connectivity index is 1.79. The highest BCUT2D eigenvalue weighted by Gasteiger charge is 2.19. The van der Waals surface area contributed by atoms with Gasteiger partial charge in [-0.05, 0) is 18.6 Å². The van der Waals surface area contributed by atoms with E-state index in [0.29, 0.717) is 6.54 Å². The second-order valence-corrected chi connectivity index (χ2v) is 5.57. The van der Waals surface area contributed by atoms with E-state index in [1.54, 1.807) is 7.11 Å². The van der Waals surface area contributed by atoms with E-state index >= 15 is 0 Å². The van der Waals surface area contributed by atoms with E-state index in [1.165, 1.54) is 0 Å². The molecular formula is C15H24ClN3O. The van der Waals surface area contributed by atoms with Gasteiger partial charge in [0.25, 0.3) is 0 Å². The van der Waals surface area contributed by atoms with Gasteiger partial charge >= 0.3 is 0 Å². The molecule has 0 amide bonds. The number of hydrogen-bond donors (Lipinski definition) is 1. The van der Waals surface area contributed by atoms with E-state index in [0.717, 1.165) is 49.9 Å². The molecular weight excluding hydrogens is 274 g/mol. The van der Waals surface area contributed by atoms with Gasteiger partial charge in [0, 0.05) is 46.4 Å². The molecule has 0 bridgehead atoms. The number of halogens is 1. The molecule has 1 heterocycles. The summed E-state index contributed by atoms with van der Waals surface area (Å²) in [4.78, 5) is 4.82. The number of para-hydroxylation sites is 1. The van der Waals surface area contributed by atoms with Crippen molar-refractivity contribution in [3.8, 4) is 0 Å². The second-order valence-electron chi connectivity index (χ2n) is 5.16. The molecule has 2 rings (SSSR count). The number of benzene rings is 1. The Hall–Kier alpha value is -0.810. The molecule has 4 nitrogen and oxygen atoms in total. The third-order valence-electron chi connectivity index (χ3n) is 3.93. The van der Waals surface area contributed by atoms with Crippen LogP contribution in [0.25, 0.3) is 0 Å². The molecule has 1 unspecified atom stereocenters. The molecule has 1 aliphatic heterocycles. The molecule has 112 valence electrons. The number of rotatable bonds is 6. The fraction of sp³-hybridized carbons (Fsp3) is 0.600. The van der Waals surface area contributed by atoms with Crippen LogP contribution >= 0.6 is 11.6 Å². The van der Waals surface area contributed by atoms with Crippen molar-refractivity contribution in [2.24, 2.45) is 5.73 Å². The van der Waals surface area contributed by atoms with Crippen LogP contribution in [-0.4, -0.2) is 57.4 Å². The lowest BCUT2D eigenvalue weighted by atomic mass is 10.2. The molecule has 1 saturated heterocycles. The fourth-order valence-electron chi connectivity index (χ4n) is 2.58. The van der Waals surface area contributed by atoms with Gasteiger partial charge in [-0.25, -0.2) is 0 Å². The van der Waals surface area contributed by atoms with Crippen molar-refractivity contribution in [3.05, 3.63) is 29.3 Å². The normalized spacial score (nSPS) is 18.2. The molecule has 0 radical (unpaired) electrons. The van der Waals surface area contributed by atoms with Gasteiger partial charge in [-0.2, -0.15) is 0 Å². The van der Waals surface area contributed by atoms with Crippen LogP contribution in [0.3, 0.4) is 0 Å². The molecule has 0 saturated carbocycles. The summed E-state index contributed by atoms with van der Waals surface area (Å²) in [5.41, 5.74) is 6.79. The summed E-state index contributed by atoms with van der Waals surface area (Å²) in [6.45, 7) is 5.80. The lowest BCUT2D eigenvalue weighted by Crippen LogP contribution is -2.47. The Morgan fingerprint density at radius 1 is 1.25 bits per heavy atom. The van der Waals surface area contributed by atoms with Gasteiger partial charge in [0.1, 0.15) is 0 Å². The molecule has 1 aromatic rings. The Bertz CT molecular complexity index is 404. The van der Waals surface area contributed by atoms with E-state index < -0.39 is 0 Å². The van der Waals surface area contributed by atoms with Crippen LogP contribution in [0.2, 0.25) is 5.02 Å². The van der Waals surface area contributed by atoms with Crippen LogP contribution in [0, 0.1) is 0 Å². The molecule has 2 N–H and O–H groups in total. The summed E-state index contributed by atoms with van der Waals surface area (Å²) in [5.74, 6) is 0. The molecule has 1 aromatic carbocycles. The molecule has 1 aliphatic rings. The lowest BCUT2D eigenvalue weighted by Gasteiger charge is -2.36. The summed E-state index contributed by atoms with van der Waals surface area (Å²) in [7, 11) is 1.73. The van der Waals surface area contributed by atoms with Crippen molar-refractivity contribution in [2.45, 2.75) is 12.5 Å². The van der Waals surface area contributed by atoms with Crippen LogP contribution < -0.4 is 10.6 Å². The van der Waals surface area contributed by atoms with Crippen molar-refractivity contribution in [3.63, 3.8) is 0 Å². The average Bonchev–Trinajstić information content (AvgIpc) is 2.49. The number of methoxy groups -OCH3 is 1.